The van der Waals surface area contributed by atoms with Crippen molar-refractivity contribution in [3.8, 4) is 0 Å². The zero-order valence-corrected chi connectivity index (χ0v) is 22.1. The van der Waals surface area contributed by atoms with Crippen LogP contribution in [0.4, 0.5) is 8.63 Å². The number of hydrogen-bond acceptors (Lipinski definition) is 1. The van der Waals surface area contributed by atoms with Crippen LogP contribution in [0.5, 0.6) is 0 Å². The molecule has 0 saturated heterocycles. The van der Waals surface area contributed by atoms with Gasteiger partial charge in [-0.1, -0.05) is 64.2 Å². The van der Waals surface area contributed by atoms with Gasteiger partial charge in [-0.15, -0.1) is 0 Å². The third-order valence-electron chi connectivity index (χ3n) is 7.60. The molecule has 0 spiro atoms. The van der Waals surface area contributed by atoms with E-state index in [4.69, 9.17) is 5.11 Å². The van der Waals surface area contributed by atoms with Crippen molar-refractivity contribution in [1.82, 2.24) is 4.48 Å². The first kappa shape index (κ1) is 27.4. The van der Waals surface area contributed by atoms with Gasteiger partial charge in [-0.3, -0.25) is 4.79 Å². The molecule has 2 aliphatic rings. The summed E-state index contributed by atoms with van der Waals surface area (Å²) in [6.07, 6.45) is 16.8. The van der Waals surface area contributed by atoms with E-state index in [0.29, 0.717) is 17.8 Å². The Hall–Kier alpha value is -2.18. The number of nitrogens with zero attached hydrogens (tertiary/aromatic N) is 2. The third-order valence-corrected chi connectivity index (χ3v) is 7.60. The van der Waals surface area contributed by atoms with E-state index in [0.717, 1.165) is 66.6 Å². The van der Waals surface area contributed by atoms with Gasteiger partial charge in [-0.05, 0) is 57.4 Å². The number of carboxylic acids is 1. The lowest BCUT2D eigenvalue weighted by atomic mass is 9.84. The summed E-state index contributed by atoms with van der Waals surface area (Å²) >= 11 is 0. The van der Waals surface area contributed by atoms with Crippen LogP contribution in [0.25, 0.3) is 5.57 Å². The largest absolute Gasteiger partial charge is 0.737 e. The molecule has 0 amide bonds. The Morgan fingerprint density at radius 2 is 1.40 bits per heavy atom. The highest BCUT2D eigenvalue weighted by Crippen LogP contribution is 2.43. The van der Waals surface area contributed by atoms with Gasteiger partial charge in [0, 0.05) is 36.3 Å². The van der Waals surface area contributed by atoms with Gasteiger partial charge in [0.15, 0.2) is 5.70 Å². The molecule has 35 heavy (non-hydrogen) atoms. The molecular formula is C28H43BF2N2O2. The van der Waals surface area contributed by atoms with Gasteiger partial charge in [-0.25, -0.2) is 0 Å². The highest BCUT2D eigenvalue weighted by atomic mass is 19.2. The number of aliphatic carboxylic acids is 1. The van der Waals surface area contributed by atoms with Crippen molar-refractivity contribution in [2.75, 3.05) is 0 Å². The normalized spacial score (nSPS) is 16.6. The summed E-state index contributed by atoms with van der Waals surface area (Å²) in [4.78, 5) is 10.5. The third kappa shape index (κ3) is 6.34. The highest BCUT2D eigenvalue weighted by Gasteiger charge is 2.54. The summed E-state index contributed by atoms with van der Waals surface area (Å²) in [7, 11) is 0. The Balaban J connectivity index is 1.43. The molecule has 3 heterocycles. The number of aromatic nitrogens is 1. The van der Waals surface area contributed by atoms with E-state index in [1.165, 1.54) is 53.9 Å². The molecule has 3 rings (SSSR count). The topological polar surface area (TPSA) is 45.2 Å². The Labute approximate surface area is 209 Å². The molecule has 194 valence electrons. The van der Waals surface area contributed by atoms with E-state index in [1.54, 1.807) is 13.8 Å². The first-order chi connectivity index (χ1) is 16.7. The van der Waals surface area contributed by atoms with Crippen LogP contribution in [0.1, 0.15) is 121 Å². The maximum atomic E-state index is 15.6. The van der Waals surface area contributed by atoms with Crippen LogP contribution in [0.2, 0.25) is 0 Å². The molecule has 4 nitrogen and oxygen atoms in total. The van der Waals surface area contributed by atoms with Crippen LogP contribution >= 0.6 is 0 Å². The molecule has 1 aromatic rings. The zero-order valence-electron chi connectivity index (χ0n) is 22.1. The summed E-state index contributed by atoms with van der Waals surface area (Å²) < 4.78 is 33.8. The van der Waals surface area contributed by atoms with Crippen LogP contribution in [0, 0.1) is 13.8 Å². The number of allylic oxidation sites excluding steroid dienone is 3. The lowest BCUT2D eigenvalue weighted by Crippen LogP contribution is -2.51. The van der Waals surface area contributed by atoms with Crippen molar-refractivity contribution in [2.24, 2.45) is 0 Å². The predicted molar refractivity (Wildman–Crippen MR) is 141 cm³/mol. The molecule has 0 saturated carbocycles. The van der Waals surface area contributed by atoms with E-state index >= 15 is 8.63 Å². The number of halogens is 2. The van der Waals surface area contributed by atoms with Gasteiger partial charge in [-0.2, -0.15) is 0 Å². The van der Waals surface area contributed by atoms with E-state index in [2.05, 4.69) is 0 Å². The van der Waals surface area contributed by atoms with Crippen molar-refractivity contribution in [2.45, 2.75) is 118 Å². The van der Waals surface area contributed by atoms with Crippen molar-refractivity contribution >= 4 is 24.2 Å². The SMILES string of the molecule is CC1=CC(C)=[N+]2C1=C(CCCCCCCCCCCCCCC(=O)O)c1c(C)cc(C)n1[B-]2(F)F. The maximum absolute atomic E-state index is 15.6. The maximum Gasteiger partial charge on any atom is 0.737 e. The second kappa shape index (κ2) is 12.2. The molecule has 0 bridgehead atoms. The second-order valence-electron chi connectivity index (χ2n) is 10.6. The molecule has 0 radical (unpaired) electrons. The molecule has 0 aliphatic carbocycles. The quantitative estimate of drug-likeness (QED) is 0.201. The van der Waals surface area contributed by atoms with Crippen LogP contribution in [0.15, 0.2) is 23.4 Å². The fourth-order valence-electron chi connectivity index (χ4n) is 6.01. The van der Waals surface area contributed by atoms with Crippen LogP contribution in [-0.4, -0.2) is 32.7 Å². The number of rotatable bonds is 15. The molecule has 1 aromatic heterocycles. The minimum absolute atomic E-state index is 0.296. The van der Waals surface area contributed by atoms with E-state index < -0.39 is 12.9 Å². The van der Waals surface area contributed by atoms with Crippen LogP contribution in [-0.2, 0) is 4.79 Å². The lowest BCUT2D eigenvalue weighted by Gasteiger charge is -2.34. The zero-order chi connectivity index (χ0) is 25.6. The summed E-state index contributed by atoms with van der Waals surface area (Å²) in [5.74, 6) is -0.690. The summed E-state index contributed by atoms with van der Waals surface area (Å²) in [6.45, 7) is 3.64. The molecular weight excluding hydrogens is 445 g/mol. The monoisotopic (exact) mass is 488 g/mol. The number of unbranched alkanes of at least 4 members (excludes halogenated alkanes) is 11. The minimum Gasteiger partial charge on any atom is -0.481 e. The summed E-state index contributed by atoms with van der Waals surface area (Å²) in [6, 6.07) is 1.90. The molecule has 2 aliphatic heterocycles. The Kier molecular flexibility index (Phi) is 9.54. The van der Waals surface area contributed by atoms with Gasteiger partial charge in [0.2, 0.25) is 0 Å². The molecule has 7 heteroatoms. The summed E-state index contributed by atoms with van der Waals surface area (Å²) in [5, 5.41) is 8.65. The van der Waals surface area contributed by atoms with Crippen molar-refractivity contribution in [1.29, 1.82) is 0 Å². The average Bonchev–Trinajstić information content (AvgIpc) is 3.25. The van der Waals surface area contributed by atoms with Gasteiger partial charge >= 0.3 is 12.9 Å². The van der Waals surface area contributed by atoms with Crippen molar-refractivity contribution in [3.05, 3.63) is 40.4 Å². The molecule has 1 N–H and O–H groups in total. The number of fused-ring (bicyclic) bond motifs is 2. The van der Waals surface area contributed by atoms with Gasteiger partial charge in [0.25, 0.3) is 0 Å². The Morgan fingerprint density at radius 1 is 0.886 bits per heavy atom. The van der Waals surface area contributed by atoms with Crippen molar-refractivity contribution < 1.29 is 23.0 Å². The molecule has 0 fully saturated rings. The van der Waals surface area contributed by atoms with Gasteiger partial charge < -0.3 is 22.7 Å². The number of carbonyl (C=O) groups is 1. The van der Waals surface area contributed by atoms with E-state index in [1.807, 2.05) is 26.0 Å². The first-order valence-electron chi connectivity index (χ1n) is 13.6. The molecule has 0 aromatic carbocycles. The molecule has 0 unspecified atom stereocenters. The van der Waals surface area contributed by atoms with Crippen molar-refractivity contribution in [3.63, 3.8) is 0 Å². The smallest absolute Gasteiger partial charge is 0.481 e. The number of carboxylic acid groups (broad SMARTS) is 1. The van der Waals surface area contributed by atoms with Gasteiger partial charge in [0.1, 0.15) is 5.71 Å². The number of aryl methyl sites for hydroxylation is 2. The minimum atomic E-state index is -3.86. The predicted octanol–water partition coefficient (Wildman–Crippen LogP) is 8.03. The fraction of sp³-hybridized carbons (Fsp3) is 0.643. The number of hydrogen-bond donors (Lipinski definition) is 1. The second-order valence-corrected chi connectivity index (χ2v) is 10.6. The average molecular weight is 488 g/mol. The first-order valence-corrected chi connectivity index (χ1v) is 13.6. The van der Waals surface area contributed by atoms with E-state index in [-0.39, 0.29) is 0 Å². The van der Waals surface area contributed by atoms with Crippen LogP contribution < -0.4 is 0 Å². The van der Waals surface area contributed by atoms with Crippen LogP contribution in [0.3, 0.4) is 0 Å². The highest BCUT2D eigenvalue weighted by molar-refractivity contribution is 6.58. The van der Waals surface area contributed by atoms with E-state index in [9.17, 15) is 4.79 Å². The fourth-order valence-corrected chi connectivity index (χ4v) is 6.01. The van der Waals surface area contributed by atoms with Gasteiger partial charge in [0.05, 0.1) is 0 Å². The standard InChI is InChI=1S/C28H43BF2N2O2/c1-21-19-23(3)32-27(21)25(28-22(2)20-24(4)33(28)29(32,30)31)17-15-13-11-9-7-5-6-8-10-12-14-16-18-26(34)35/h19-20H,5-18H2,1-4H3,(H,34,35). The lowest BCUT2D eigenvalue weighted by molar-refractivity contribution is -0.363. The molecule has 0 atom stereocenters. The summed E-state index contributed by atoms with van der Waals surface area (Å²) in [5.41, 5.74) is 5.73. The Morgan fingerprint density at radius 3 is 1.94 bits per heavy atom. The Bertz CT molecular complexity index is 1020.